The molecule has 0 saturated carbocycles. The number of amides is 1. The van der Waals surface area contributed by atoms with Crippen LogP contribution in [0.4, 0.5) is 4.79 Å². The largest absolute Gasteiger partial charge is 0.444 e. The molecule has 2 unspecified atom stereocenters. The highest BCUT2D eigenvalue weighted by Gasteiger charge is 2.44. The molecule has 0 aromatic carbocycles. The molecule has 1 aliphatic heterocycles. The lowest BCUT2D eigenvalue weighted by atomic mass is 9.95. The number of rotatable bonds is 5. The normalized spacial score (nSPS) is 22.8. The van der Waals surface area contributed by atoms with Crippen LogP contribution in [-0.2, 0) is 9.16 Å². The van der Waals surface area contributed by atoms with E-state index in [1.54, 1.807) is 0 Å². The number of nitrogens with zero attached hydrogens (tertiary/aromatic N) is 1. The Morgan fingerprint density at radius 2 is 1.80 bits per heavy atom. The van der Waals surface area contributed by atoms with Crippen molar-refractivity contribution >= 4 is 30.3 Å². The Balaban J connectivity index is 2.97. The molecule has 0 N–H and O–H groups in total. The van der Waals surface area contributed by atoms with Crippen molar-refractivity contribution in [1.82, 2.24) is 4.90 Å². The van der Waals surface area contributed by atoms with Gasteiger partial charge in [0, 0.05) is 11.9 Å². The molecule has 148 valence electrons. The summed E-state index contributed by atoms with van der Waals surface area (Å²) in [6.45, 7) is 17.9. The number of carbonyl (C=O) groups is 1. The molecule has 1 aliphatic rings. The highest BCUT2D eigenvalue weighted by molar-refractivity contribution is 9.09. The van der Waals surface area contributed by atoms with Crippen molar-refractivity contribution in [1.29, 1.82) is 0 Å². The van der Waals surface area contributed by atoms with E-state index in [9.17, 15) is 4.79 Å². The number of halogens is 1. The van der Waals surface area contributed by atoms with E-state index in [1.807, 2.05) is 25.7 Å². The zero-order valence-electron chi connectivity index (χ0n) is 17.4. The van der Waals surface area contributed by atoms with Crippen molar-refractivity contribution in [3.8, 4) is 0 Å². The second-order valence-electron chi connectivity index (χ2n) is 9.63. The molecule has 0 spiro atoms. The minimum absolute atomic E-state index is 0.107. The molecule has 1 heterocycles. The van der Waals surface area contributed by atoms with Crippen LogP contribution in [0.15, 0.2) is 0 Å². The van der Waals surface area contributed by atoms with Gasteiger partial charge in [0.1, 0.15) is 5.60 Å². The third-order valence-corrected chi connectivity index (χ3v) is 10.3. The maximum absolute atomic E-state index is 12.7. The summed E-state index contributed by atoms with van der Waals surface area (Å²) in [5, 5.41) is 1.11. The van der Waals surface area contributed by atoms with Gasteiger partial charge >= 0.3 is 6.09 Å². The molecule has 0 aromatic rings. The fraction of sp³-hybridized carbons (Fsp3) is 0.947. The summed E-state index contributed by atoms with van der Waals surface area (Å²) in [5.74, 6) is 0. The topological polar surface area (TPSA) is 38.8 Å². The number of hydrogen-bond donors (Lipinski definition) is 0. The average Bonchev–Trinajstić information content (AvgIpc) is 2.42. The number of ether oxygens (including phenoxy) is 1. The molecule has 25 heavy (non-hydrogen) atoms. The Kier molecular flexibility index (Phi) is 8.03. The Morgan fingerprint density at radius 1 is 1.20 bits per heavy atom. The smallest absolute Gasteiger partial charge is 0.410 e. The lowest BCUT2D eigenvalue weighted by molar-refractivity contribution is -0.0213. The second kappa shape index (κ2) is 8.74. The molecule has 2 atom stereocenters. The van der Waals surface area contributed by atoms with Gasteiger partial charge in [-0.3, -0.25) is 0 Å². The first-order valence-electron chi connectivity index (χ1n) is 9.52. The lowest BCUT2D eigenvalue weighted by Gasteiger charge is -2.46. The van der Waals surface area contributed by atoms with Gasteiger partial charge in [0.05, 0.1) is 12.1 Å². The van der Waals surface area contributed by atoms with Gasteiger partial charge in [-0.2, -0.15) is 0 Å². The average molecular weight is 437 g/mol. The third-order valence-electron chi connectivity index (χ3n) is 5.23. The predicted octanol–water partition coefficient (Wildman–Crippen LogP) is 5.95. The summed E-state index contributed by atoms with van der Waals surface area (Å²) in [4.78, 5) is 14.7. The van der Waals surface area contributed by atoms with Crippen molar-refractivity contribution in [3.63, 3.8) is 0 Å². The van der Waals surface area contributed by atoms with Gasteiger partial charge in [-0.25, -0.2) is 4.79 Å². The van der Waals surface area contributed by atoms with Crippen molar-refractivity contribution in [2.24, 2.45) is 0 Å². The maximum Gasteiger partial charge on any atom is 0.410 e. The summed E-state index contributed by atoms with van der Waals surface area (Å²) < 4.78 is 12.4. The fourth-order valence-electron chi connectivity index (χ4n) is 2.89. The standard InChI is InChI=1S/C19H38BrNO3Si/c1-18(2,3)23-17(22)21-14-10-12-16(15(21)11-9-13-20)24-25(7,8)19(4,5)6/h15-16H,9-14H2,1-8H3. The zero-order chi connectivity index (χ0) is 19.5. The van der Waals surface area contributed by atoms with Gasteiger partial charge < -0.3 is 14.1 Å². The van der Waals surface area contributed by atoms with Crippen LogP contribution in [0.1, 0.15) is 67.2 Å². The molecule has 1 rings (SSSR count). The minimum atomic E-state index is -1.88. The van der Waals surface area contributed by atoms with Crippen LogP contribution in [0.25, 0.3) is 0 Å². The summed E-state index contributed by atoms with van der Waals surface area (Å²) in [6, 6.07) is 0.107. The molecular weight excluding hydrogens is 398 g/mol. The first-order chi connectivity index (χ1) is 11.3. The molecule has 0 aliphatic carbocycles. The number of alkyl halides is 1. The van der Waals surface area contributed by atoms with E-state index in [0.29, 0.717) is 0 Å². The van der Waals surface area contributed by atoms with Crippen LogP contribution in [0.5, 0.6) is 0 Å². The van der Waals surface area contributed by atoms with E-state index < -0.39 is 13.9 Å². The second-order valence-corrected chi connectivity index (χ2v) is 15.2. The van der Waals surface area contributed by atoms with Gasteiger partial charge in [-0.05, 0) is 64.6 Å². The Bertz CT molecular complexity index is 443. The Labute approximate surface area is 164 Å². The first-order valence-corrected chi connectivity index (χ1v) is 13.5. The summed E-state index contributed by atoms with van der Waals surface area (Å²) in [5.41, 5.74) is -0.468. The van der Waals surface area contributed by atoms with E-state index in [-0.39, 0.29) is 23.3 Å². The highest BCUT2D eigenvalue weighted by Crippen LogP contribution is 2.39. The third kappa shape index (κ3) is 6.87. The highest BCUT2D eigenvalue weighted by atomic mass is 79.9. The van der Waals surface area contributed by atoms with Gasteiger partial charge in [-0.15, -0.1) is 0 Å². The molecule has 0 aromatic heterocycles. The molecule has 1 saturated heterocycles. The van der Waals surface area contributed by atoms with Gasteiger partial charge in [-0.1, -0.05) is 36.7 Å². The van der Waals surface area contributed by atoms with E-state index >= 15 is 0 Å². The number of likely N-dealkylation sites (tertiary alicyclic amines) is 1. The molecular formula is C19H38BrNO3Si. The monoisotopic (exact) mass is 435 g/mol. The molecule has 1 fully saturated rings. The van der Waals surface area contributed by atoms with Crippen molar-refractivity contribution in [2.75, 3.05) is 11.9 Å². The molecule has 1 amide bonds. The van der Waals surface area contributed by atoms with Gasteiger partial charge in [0.25, 0.3) is 0 Å². The molecule has 0 bridgehead atoms. The first kappa shape index (κ1) is 23.0. The van der Waals surface area contributed by atoms with Crippen molar-refractivity contribution in [3.05, 3.63) is 0 Å². The zero-order valence-corrected chi connectivity index (χ0v) is 20.0. The lowest BCUT2D eigenvalue weighted by Crippen LogP contribution is -2.56. The van der Waals surface area contributed by atoms with Crippen LogP contribution >= 0.6 is 15.9 Å². The van der Waals surface area contributed by atoms with Crippen LogP contribution in [0.2, 0.25) is 18.1 Å². The SMILES string of the molecule is CC(C)(C)OC(=O)N1CCCC(O[Si](C)(C)C(C)(C)C)C1CCCBr. The summed E-state index contributed by atoms with van der Waals surface area (Å²) in [6.07, 6.45) is 3.89. The molecule has 6 heteroatoms. The number of carbonyl (C=O) groups excluding carboxylic acids is 1. The van der Waals surface area contributed by atoms with E-state index in [0.717, 1.165) is 37.6 Å². The van der Waals surface area contributed by atoms with Gasteiger partial charge in [0.15, 0.2) is 8.32 Å². The van der Waals surface area contributed by atoms with E-state index in [4.69, 9.17) is 9.16 Å². The van der Waals surface area contributed by atoms with E-state index in [1.165, 1.54) is 0 Å². The number of hydrogen-bond acceptors (Lipinski definition) is 3. The minimum Gasteiger partial charge on any atom is -0.444 e. The quantitative estimate of drug-likeness (QED) is 0.395. The fourth-order valence-corrected chi connectivity index (χ4v) is 4.60. The van der Waals surface area contributed by atoms with Crippen LogP contribution < -0.4 is 0 Å². The van der Waals surface area contributed by atoms with Gasteiger partial charge in [0.2, 0.25) is 0 Å². The van der Waals surface area contributed by atoms with E-state index in [2.05, 4.69) is 49.8 Å². The Hall–Kier alpha value is -0.0731. The van der Waals surface area contributed by atoms with Crippen molar-refractivity contribution in [2.45, 2.75) is 103 Å². The molecule has 4 nitrogen and oxygen atoms in total. The number of piperidine rings is 1. The van der Waals surface area contributed by atoms with Crippen LogP contribution in [0.3, 0.4) is 0 Å². The Morgan fingerprint density at radius 3 is 2.28 bits per heavy atom. The van der Waals surface area contributed by atoms with Crippen LogP contribution in [0, 0.1) is 0 Å². The summed E-state index contributed by atoms with van der Waals surface area (Å²) >= 11 is 3.53. The summed E-state index contributed by atoms with van der Waals surface area (Å²) in [7, 11) is -1.88. The van der Waals surface area contributed by atoms with Crippen molar-refractivity contribution < 1.29 is 14.0 Å². The molecule has 0 radical (unpaired) electrons. The van der Waals surface area contributed by atoms with Crippen LogP contribution in [-0.4, -0.2) is 48.9 Å². The predicted molar refractivity (Wildman–Crippen MR) is 111 cm³/mol. The maximum atomic E-state index is 12.7.